The number of aryl methyl sites for hydroxylation is 1. The molecule has 2 aromatic carbocycles. The van der Waals surface area contributed by atoms with E-state index in [-0.39, 0.29) is 24.0 Å². The van der Waals surface area contributed by atoms with Crippen molar-refractivity contribution in [1.82, 2.24) is 4.90 Å². The molecular formula is C24H35IN4O2. The van der Waals surface area contributed by atoms with E-state index in [1.54, 1.807) is 0 Å². The first-order valence-corrected chi connectivity index (χ1v) is 10.8. The summed E-state index contributed by atoms with van der Waals surface area (Å²) in [6.45, 7) is 5.93. The molecule has 1 fully saturated rings. The van der Waals surface area contributed by atoms with Crippen LogP contribution in [0.3, 0.4) is 0 Å². The number of halogens is 1. The number of likely N-dealkylation sites (N-methyl/N-ethyl adjacent to an activating group) is 1. The number of hydrogen-bond acceptors (Lipinski definition) is 4. The zero-order chi connectivity index (χ0) is 21.2. The Morgan fingerprint density at radius 3 is 2.68 bits per heavy atom. The third-order valence-corrected chi connectivity index (χ3v) is 5.46. The summed E-state index contributed by atoms with van der Waals surface area (Å²) >= 11 is 0. The second-order valence-corrected chi connectivity index (χ2v) is 7.70. The lowest BCUT2D eigenvalue weighted by molar-refractivity contribution is 0.0392. The molecule has 3 rings (SSSR count). The van der Waals surface area contributed by atoms with Crippen LogP contribution in [0.2, 0.25) is 0 Å². The summed E-state index contributed by atoms with van der Waals surface area (Å²) in [5.74, 6) is 1.28. The number of hydrogen-bond donors (Lipinski definition) is 2. The van der Waals surface area contributed by atoms with E-state index in [1.807, 2.05) is 36.4 Å². The first-order valence-electron chi connectivity index (χ1n) is 10.8. The molecule has 2 aromatic rings. The van der Waals surface area contributed by atoms with Gasteiger partial charge in [0, 0.05) is 31.5 Å². The van der Waals surface area contributed by atoms with Gasteiger partial charge < -0.3 is 20.5 Å². The molecule has 0 radical (unpaired) electrons. The third kappa shape index (κ3) is 8.66. The van der Waals surface area contributed by atoms with Crippen LogP contribution in [0.5, 0.6) is 5.75 Å². The van der Waals surface area contributed by atoms with Gasteiger partial charge in [-0.3, -0.25) is 4.90 Å². The lowest BCUT2D eigenvalue weighted by Gasteiger charge is -2.31. The minimum atomic E-state index is 0. The van der Waals surface area contributed by atoms with Gasteiger partial charge in [0.1, 0.15) is 12.4 Å². The van der Waals surface area contributed by atoms with Crippen LogP contribution in [0.1, 0.15) is 30.9 Å². The number of anilines is 1. The summed E-state index contributed by atoms with van der Waals surface area (Å²) in [5, 5.41) is 3.16. The van der Waals surface area contributed by atoms with Crippen LogP contribution >= 0.6 is 24.0 Å². The Labute approximate surface area is 203 Å². The van der Waals surface area contributed by atoms with Crippen LogP contribution in [-0.4, -0.2) is 50.3 Å². The fraction of sp³-hybridized carbons (Fsp3) is 0.458. The van der Waals surface area contributed by atoms with Crippen molar-refractivity contribution in [2.24, 2.45) is 10.7 Å². The minimum Gasteiger partial charge on any atom is -0.492 e. The second-order valence-electron chi connectivity index (χ2n) is 7.70. The van der Waals surface area contributed by atoms with Crippen LogP contribution in [0.15, 0.2) is 53.5 Å². The number of ether oxygens (including phenoxy) is 2. The van der Waals surface area contributed by atoms with E-state index in [9.17, 15) is 0 Å². The van der Waals surface area contributed by atoms with Crippen molar-refractivity contribution < 1.29 is 9.47 Å². The highest BCUT2D eigenvalue weighted by Gasteiger charge is 2.17. The predicted molar refractivity (Wildman–Crippen MR) is 139 cm³/mol. The zero-order valence-electron chi connectivity index (χ0n) is 18.5. The van der Waals surface area contributed by atoms with Crippen molar-refractivity contribution in [3.05, 3.63) is 59.7 Å². The SMILES string of the molecule is CCc1cccc(NC(N)=NCc2cccc(OCCN(C)C3CCOCC3)c2)c1.I. The molecule has 1 aliphatic heterocycles. The van der Waals surface area contributed by atoms with Gasteiger partial charge in [0.15, 0.2) is 5.96 Å². The zero-order valence-corrected chi connectivity index (χ0v) is 20.9. The smallest absolute Gasteiger partial charge is 0.193 e. The monoisotopic (exact) mass is 538 g/mol. The molecule has 1 aliphatic rings. The number of benzene rings is 2. The summed E-state index contributed by atoms with van der Waals surface area (Å²) in [6.07, 6.45) is 3.19. The van der Waals surface area contributed by atoms with Gasteiger partial charge in [0.2, 0.25) is 0 Å². The molecule has 6 nitrogen and oxygen atoms in total. The summed E-state index contributed by atoms with van der Waals surface area (Å²) in [6, 6.07) is 16.9. The van der Waals surface area contributed by atoms with E-state index in [0.29, 0.717) is 25.2 Å². The molecule has 0 bridgehead atoms. The summed E-state index contributed by atoms with van der Waals surface area (Å²) in [7, 11) is 2.16. The Balaban J connectivity index is 0.00000341. The summed E-state index contributed by atoms with van der Waals surface area (Å²) in [5.41, 5.74) is 9.35. The van der Waals surface area contributed by atoms with Crippen LogP contribution in [0, 0.1) is 0 Å². The largest absolute Gasteiger partial charge is 0.492 e. The van der Waals surface area contributed by atoms with Crippen LogP contribution in [0.4, 0.5) is 5.69 Å². The number of guanidine groups is 1. The Bertz CT molecular complexity index is 825. The van der Waals surface area contributed by atoms with Crippen molar-refractivity contribution in [3.8, 4) is 5.75 Å². The molecule has 1 heterocycles. The average molecular weight is 538 g/mol. The van der Waals surface area contributed by atoms with Crippen molar-refractivity contribution >= 4 is 35.6 Å². The topological polar surface area (TPSA) is 72.1 Å². The van der Waals surface area contributed by atoms with Crippen LogP contribution in [-0.2, 0) is 17.7 Å². The first-order chi connectivity index (χ1) is 14.6. The molecule has 170 valence electrons. The van der Waals surface area contributed by atoms with Gasteiger partial charge in [-0.05, 0) is 61.7 Å². The van der Waals surface area contributed by atoms with Gasteiger partial charge in [0.25, 0.3) is 0 Å². The molecule has 7 heteroatoms. The van der Waals surface area contributed by atoms with E-state index < -0.39 is 0 Å². The van der Waals surface area contributed by atoms with Crippen molar-refractivity contribution in [2.45, 2.75) is 38.8 Å². The fourth-order valence-electron chi connectivity index (χ4n) is 3.58. The molecule has 0 unspecified atom stereocenters. The number of aliphatic imine (C=N–C) groups is 1. The maximum absolute atomic E-state index is 6.06. The maximum atomic E-state index is 6.06. The highest BCUT2D eigenvalue weighted by molar-refractivity contribution is 14.0. The first kappa shape index (κ1) is 25.4. The van der Waals surface area contributed by atoms with Crippen LogP contribution in [0.25, 0.3) is 0 Å². The molecule has 1 saturated heterocycles. The molecule has 0 atom stereocenters. The van der Waals surface area contributed by atoms with E-state index in [1.165, 1.54) is 5.56 Å². The summed E-state index contributed by atoms with van der Waals surface area (Å²) in [4.78, 5) is 6.84. The Kier molecular flexibility index (Phi) is 11.1. The lowest BCUT2D eigenvalue weighted by atomic mass is 10.1. The average Bonchev–Trinajstić information content (AvgIpc) is 2.78. The summed E-state index contributed by atoms with van der Waals surface area (Å²) < 4.78 is 11.4. The van der Waals surface area contributed by atoms with Gasteiger partial charge >= 0.3 is 0 Å². The van der Waals surface area contributed by atoms with Gasteiger partial charge in [-0.2, -0.15) is 0 Å². The van der Waals surface area contributed by atoms with Crippen molar-refractivity contribution in [2.75, 3.05) is 38.7 Å². The molecule has 0 saturated carbocycles. The quantitative estimate of drug-likeness (QED) is 0.283. The van der Waals surface area contributed by atoms with Gasteiger partial charge in [-0.25, -0.2) is 4.99 Å². The van der Waals surface area contributed by atoms with Gasteiger partial charge in [-0.15, -0.1) is 24.0 Å². The third-order valence-electron chi connectivity index (χ3n) is 5.46. The Morgan fingerprint density at radius 1 is 1.16 bits per heavy atom. The number of nitrogens with two attached hydrogens (primary N) is 1. The minimum absolute atomic E-state index is 0. The molecule has 0 aromatic heterocycles. The van der Waals surface area contributed by atoms with Crippen molar-refractivity contribution in [1.29, 1.82) is 0 Å². The van der Waals surface area contributed by atoms with Crippen molar-refractivity contribution in [3.63, 3.8) is 0 Å². The van der Waals surface area contributed by atoms with E-state index in [2.05, 4.69) is 41.3 Å². The van der Waals surface area contributed by atoms with E-state index >= 15 is 0 Å². The highest BCUT2D eigenvalue weighted by atomic mass is 127. The van der Waals surface area contributed by atoms with Crippen LogP contribution < -0.4 is 15.8 Å². The molecule has 31 heavy (non-hydrogen) atoms. The second kappa shape index (κ2) is 13.5. The maximum Gasteiger partial charge on any atom is 0.193 e. The molecule has 0 spiro atoms. The Morgan fingerprint density at radius 2 is 1.90 bits per heavy atom. The standard InChI is InChI=1S/C24H34N4O2.HI/c1-3-19-6-4-8-21(16-19)27-24(25)26-18-20-7-5-9-23(17-20)30-15-12-28(2)22-10-13-29-14-11-22;/h4-9,16-17,22H,3,10-15,18H2,1-2H3,(H3,25,26,27);1H. The predicted octanol–water partition coefficient (Wildman–Crippen LogP) is 4.28. The fourth-order valence-corrected chi connectivity index (χ4v) is 3.58. The number of nitrogens with zero attached hydrogens (tertiary/aromatic N) is 2. The molecular weight excluding hydrogens is 503 g/mol. The number of rotatable bonds is 9. The number of nitrogens with one attached hydrogen (secondary N) is 1. The normalized spacial score (nSPS) is 14.9. The highest BCUT2D eigenvalue weighted by Crippen LogP contribution is 2.16. The molecule has 0 amide bonds. The van der Waals surface area contributed by atoms with E-state index in [0.717, 1.165) is 56.0 Å². The molecule has 0 aliphatic carbocycles. The van der Waals surface area contributed by atoms with E-state index in [4.69, 9.17) is 15.2 Å². The lowest BCUT2D eigenvalue weighted by Crippen LogP contribution is -2.38. The van der Waals surface area contributed by atoms with Gasteiger partial charge in [-0.1, -0.05) is 31.2 Å². The Hall–Kier alpha value is -1.84. The van der Waals surface area contributed by atoms with Gasteiger partial charge in [0.05, 0.1) is 6.54 Å². The molecule has 3 N–H and O–H groups in total.